The second kappa shape index (κ2) is 10.4. The molecule has 6 nitrogen and oxygen atoms in total. The molecule has 0 radical (unpaired) electrons. The van der Waals surface area contributed by atoms with Crippen LogP contribution in [0.5, 0.6) is 5.75 Å². The monoisotopic (exact) mass is 510 g/mol. The second-order valence-electron chi connectivity index (χ2n) is 8.99. The van der Waals surface area contributed by atoms with Gasteiger partial charge in [0.15, 0.2) is 0 Å². The zero-order valence-corrected chi connectivity index (χ0v) is 20.8. The van der Waals surface area contributed by atoms with Gasteiger partial charge >= 0.3 is 18.4 Å². The van der Waals surface area contributed by atoms with Gasteiger partial charge in [-0.3, -0.25) is 4.79 Å². The number of halogens is 3. The number of hydrogen-bond donors (Lipinski definition) is 2. The van der Waals surface area contributed by atoms with Crippen molar-refractivity contribution in [2.45, 2.75) is 69.0 Å². The number of urea groups is 1. The first-order chi connectivity index (χ1) is 16.3. The number of carbonyl (C=O) groups excluding carboxylic acids is 1. The Morgan fingerprint density at radius 2 is 1.83 bits per heavy atom. The first-order valence-electron chi connectivity index (χ1n) is 11.3. The van der Waals surface area contributed by atoms with Gasteiger partial charge in [0, 0.05) is 23.2 Å². The number of anilines is 1. The van der Waals surface area contributed by atoms with Crippen molar-refractivity contribution in [3.05, 3.63) is 53.1 Å². The van der Waals surface area contributed by atoms with E-state index >= 15 is 0 Å². The van der Waals surface area contributed by atoms with Crippen molar-refractivity contribution in [3.8, 4) is 5.75 Å². The summed E-state index contributed by atoms with van der Waals surface area (Å²) in [5.41, 5.74) is 3.67. The third-order valence-electron chi connectivity index (χ3n) is 5.96. The normalized spacial score (nSPS) is 15.8. The van der Waals surface area contributed by atoms with Crippen LogP contribution in [0.3, 0.4) is 0 Å². The quantitative estimate of drug-likeness (QED) is 0.430. The zero-order valence-electron chi connectivity index (χ0n) is 20.0. The number of aryl methyl sites for hydroxylation is 2. The highest BCUT2D eigenvalue weighted by atomic mass is 32.2. The van der Waals surface area contributed by atoms with Crippen LogP contribution in [0, 0.1) is 6.92 Å². The van der Waals surface area contributed by atoms with Crippen LogP contribution in [0.4, 0.5) is 23.7 Å². The largest absolute Gasteiger partial charge is 0.573 e. The number of fused-ring (bicyclic) bond motifs is 1. The molecule has 3 rings (SSSR count). The molecule has 0 aromatic heterocycles. The summed E-state index contributed by atoms with van der Waals surface area (Å²) in [5.74, 6) is -1.22. The van der Waals surface area contributed by atoms with Gasteiger partial charge in [-0.1, -0.05) is 6.07 Å². The fourth-order valence-corrected chi connectivity index (χ4v) is 5.15. The number of nitrogens with one attached hydrogen (secondary N) is 1. The summed E-state index contributed by atoms with van der Waals surface area (Å²) < 4.78 is 40.0. The number of carboxylic acid groups (broad SMARTS) is 1. The summed E-state index contributed by atoms with van der Waals surface area (Å²) in [6, 6.07) is 8.82. The Morgan fingerprint density at radius 3 is 2.40 bits per heavy atom. The van der Waals surface area contributed by atoms with E-state index in [9.17, 15) is 27.9 Å². The summed E-state index contributed by atoms with van der Waals surface area (Å²) in [4.78, 5) is 27.2. The number of thioether (sulfide) groups is 1. The number of likely N-dealkylation sites (N-methyl/N-ethyl adjacent to an activating group) is 1. The average Bonchev–Trinajstić information content (AvgIpc) is 2.75. The minimum atomic E-state index is -4.77. The lowest BCUT2D eigenvalue weighted by Gasteiger charge is -2.35. The van der Waals surface area contributed by atoms with E-state index in [0.717, 1.165) is 46.6 Å². The molecule has 0 saturated carbocycles. The van der Waals surface area contributed by atoms with Gasteiger partial charge in [0.1, 0.15) is 10.5 Å². The minimum Gasteiger partial charge on any atom is -0.480 e. The smallest absolute Gasteiger partial charge is 0.480 e. The molecule has 0 fully saturated rings. The Bertz CT molecular complexity index is 1090. The molecule has 2 amide bonds. The number of carbonyl (C=O) groups is 2. The number of hydrogen-bond acceptors (Lipinski definition) is 4. The highest BCUT2D eigenvalue weighted by Gasteiger charge is 2.32. The SMILES string of the molecule is CCN(C(=O)Nc1ccc(OC(F)(F)F)cc1)C1CCc2cc(SC(C)(C)C(=O)O)c(C)cc2C1. The van der Waals surface area contributed by atoms with Gasteiger partial charge in [0.25, 0.3) is 0 Å². The van der Waals surface area contributed by atoms with E-state index in [-0.39, 0.29) is 17.8 Å². The van der Waals surface area contributed by atoms with E-state index < -0.39 is 17.1 Å². The van der Waals surface area contributed by atoms with Crippen molar-refractivity contribution >= 4 is 29.4 Å². The maximum Gasteiger partial charge on any atom is 0.573 e. The molecule has 0 spiro atoms. The van der Waals surface area contributed by atoms with Crippen LogP contribution >= 0.6 is 11.8 Å². The lowest BCUT2D eigenvalue weighted by atomic mass is 9.86. The number of rotatable bonds is 7. The summed E-state index contributed by atoms with van der Waals surface area (Å²) in [5, 5.41) is 12.2. The Kier molecular flexibility index (Phi) is 7.93. The van der Waals surface area contributed by atoms with E-state index in [0.29, 0.717) is 18.7 Å². The van der Waals surface area contributed by atoms with Crippen LogP contribution in [-0.2, 0) is 17.6 Å². The molecule has 2 N–H and O–H groups in total. The Labute approximate surface area is 206 Å². The number of carboxylic acids is 1. The Balaban J connectivity index is 1.69. The third kappa shape index (κ3) is 6.84. The van der Waals surface area contributed by atoms with E-state index in [4.69, 9.17) is 0 Å². The molecule has 1 unspecified atom stereocenters. The van der Waals surface area contributed by atoms with Crippen molar-refractivity contribution in [1.82, 2.24) is 4.90 Å². The highest BCUT2D eigenvalue weighted by molar-refractivity contribution is 8.01. The van der Waals surface area contributed by atoms with Crippen LogP contribution in [0.15, 0.2) is 41.3 Å². The molecular formula is C25H29F3N2O4S. The van der Waals surface area contributed by atoms with Crippen molar-refractivity contribution in [1.29, 1.82) is 0 Å². The van der Waals surface area contributed by atoms with Gasteiger partial charge in [0.2, 0.25) is 0 Å². The van der Waals surface area contributed by atoms with E-state index in [1.54, 1.807) is 18.7 Å². The molecule has 0 aliphatic heterocycles. The number of ether oxygens (including phenoxy) is 1. The first kappa shape index (κ1) is 26.7. The molecule has 35 heavy (non-hydrogen) atoms. The molecule has 1 aliphatic rings. The standard InChI is InChI=1S/C25H29F3N2O4S/c1-5-30(23(33)29-18-7-10-20(11-8-18)34-25(26,27)28)19-9-6-16-14-21(15(2)12-17(16)13-19)35-24(3,4)22(31)32/h7-8,10-12,14,19H,5-6,9,13H2,1-4H3,(H,29,33)(H,31,32). The fourth-order valence-electron chi connectivity index (χ4n) is 4.09. The van der Waals surface area contributed by atoms with Gasteiger partial charge < -0.3 is 20.1 Å². The fraction of sp³-hybridized carbons (Fsp3) is 0.440. The zero-order chi connectivity index (χ0) is 26.0. The topological polar surface area (TPSA) is 78.9 Å². The second-order valence-corrected chi connectivity index (χ2v) is 10.7. The van der Waals surface area contributed by atoms with E-state index in [2.05, 4.69) is 22.2 Å². The van der Waals surface area contributed by atoms with Crippen LogP contribution < -0.4 is 10.1 Å². The van der Waals surface area contributed by atoms with Gasteiger partial charge in [0.05, 0.1) is 0 Å². The molecule has 2 aromatic rings. The molecule has 2 aromatic carbocycles. The van der Waals surface area contributed by atoms with Gasteiger partial charge in [-0.25, -0.2) is 4.79 Å². The number of benzene rings is 2. The van der Waals surface area contributed by atoms with Crippen molar-refractivity contribution < 1.29 is 32.6 Å². The van der Waals surface area contributed by atoms with Crippen molar-refractivity contribution in [3.63, 3.8) is 0 Å². The number of amides is 2. The van der Waals surface area contributed by atoms with Crippen LogP contribution in [0.1, 0.15) is 43.9 Å². The van der Waals surface area contributed by atoms with E-state index in [1.807, 2.05) is 13.8 Å². The van der Waals surface area contributed by atoms with Crippen LogP contribution in [0.25, 0.3) is 0 Å². The summed E-state index contributed by atoms with van der Waals surface area (Å²) in [6.45, 7) is 7.68. The molecule has 0 bridgehead atoms. The Hall–Kier alpha value is -2.88. The highest BCUT2D eigenvalue weighted by Crippen LogP contribution is 2.38. The van der Waals surface area contributed by atoms with Crippen LogP contribution in [0.2, 0.25) is 0 Å². The summed E-state index contributed by atoms with van der Waals surface area (Å²) in [6.07, 6.45) is -2.59. The molecule has 0 heterocycles. The first-order valence-corrected chi connectivity index (χ1v) is 12.1. The lowest BCUT2D eigenvalue weighted by Crippen LogP contribution is -2.45. The maximum absolute atomic E-state index is 13.0. The predicted octanol–water partition coefficient (Wildman–Crippen LogP) is 6.26. The number of aliphatic carboxylic acids is 1. The van der Waals surface area contributed by atoms with E-state index in [1.165, 1.54) is 23.9 Å². The third-order valence-corrected chi connectivity index (χ3v) is 7.31. The average molecular weight is 511 g/mol. The summed E-state index contributed by atoms with van der Waals surface area (Å²) in [7, 11) is 0. The van der Waals surface area contributed by atoms with Gasteiger partial charge in [-0.15, -0.1) is 24.9 Å². The molecule has 0 saturated heterocycles. The van der Waals surface area contributed by atoms with Gasteiger partial charge in [-0.2, -0.15) is 0 Å². The molecule has 1 aliphatic carbocycles. The van der Waals surface area contributed by atoms with Crippen molar-refractivity contribution in [2.24, 2.45) is 0 Å². The van der Waals surface area contributed by atoms with Crippen LogP contribution in [-0.4, -0.2) is 45.7 Å². The molecule has 10 heteroatoms. The maximum atomic E-state index is 13.0. The van der Waals surface area contributed by atoms with Gasteiger partial charge in [-0.05, 0) is 94.0 Å². The lowest BCUT2D eigenvalue weighted by molar-refractivity contribution is -0.274. The molecule has 1 atom stereocenters. The molecule has 190 valence electrons. The van der Waals surface area contributed by atoms with Crippen molar-refractivity contribution in [2.75, 3.05) is 11.9 Å². The Morgan fingerprint density at radius 1 is 1.17 bits per heavy atom. The number of nitrogens with zero attached hydrogens (tertiary/aromatic N) is 1. The molecular weight excluding hydrogens is 481 g/mol. The predicted molar refractivity (Wildman–Crippen MR) is 129 cm³/mol. The summed E-state index contributed by atoms with van der Waals surface area (Å²) >= 11 is 1.33. The minimum absolute atomic E-state index is 0.0336. The number of alkyl halides is 3.